The molecule has 0 bridgehead atoms. The van der Waals surface area contributed by atoms with Crippen LogP contribution in [-0.4, -0.2) is 17.3 Å². The van der Waals surface area contributed by atoms with Crippen molar-refractivity contribution in [3.63, 3.8) is 0 Å². The molecule has 86 valence electrons. The molecule has 3 nitrogen and oxygen atoms in total. The molecule has 1 aliphatic heterocycles. The number of benzene rings is 1. The van der Waals surface area contributed by atoms with E-state index in [-0.39, 0.29) is 11.6 Å². The first-order chi connectivity index (χ1) is 7.70. The highest BCUT2D eigenvalue weighted by atomic mass is 32.2. The van der Waals surface area contributed by atoms with Crippen LogP contribution >= 0.6 is 0 Å². The molecule has 0 spiro atoms. The molecule has 1 aromatic rings. The summed E-state index contributed by atoms with van der Waals surface area (Å²) >= 11 is 0. The van der Waals surface area contributed by atoms with Gasteiger partial charge in [-0.3, -0.25) is 0 Å². The standard InChI is InChI=1S/C11H13FN2OS/c12-11-6-2-1-5-10(11)9-16(15)13-7-3-4-8-14-16/h1-6H,7-9H2,(H,13,14,15). The van der Waals surface area contributed by atoms with Gasteiger partial charge >= 0.3 is 0 Å². The summed E-state index contributed by atoms with van der Waals surface area (Å²) in [6.07, 6.45) is 3.72. The maximum Gasteiger partial charge on any atom is 0.127 e. The minimum atomic E-state index is -2.53. The van der Waals surface area contributed by atoms with Gasteiger partial charge in [-0.2, -0.15) is 0 Å². The highest BCUT2D eigenvalue weighted by Gasteiger charge is 2.12. The van der Waals surface area contributed by atoms with Crippen molar-refractivity contribution in [2.24, 2.45) is 4.36 Å². The van der Waals surface area contributed by atoms with E-state index in [1.165, 1.54) is 6.07 Å². The van der Waals surface area contributed by atoms with Crippen molar-refractivity contribution >= 4 is 9.92 Å². The van der Waals surface area contributed by atoms with Crippen molar-refractivity contribution in [1.82, 2.24) is 4.72 Å². The molecule has 0 fully saturated rings. The Hall–Kier alpha value is -1.20. The van der Waals surface area contributed by atoms with Gasteiger partial charge in [0.05, 0.1) is 12.3 Å². The van der Waals surface area contributed by atoms with Gasteiger partial charge in [-0.25, -0.2) is 17.7 Å². The Kier molecular flexibility index (Phi) is 3.36. The van der Waals surface area contributed by atoms with Crippen molar-refractivity contribution in [2.45, 2.75) is 5.75 Å². The first kappa shape index (κ1) is 11.3. The van der Waals surface area contributed by atoms with Crippen LogP contribution in [0.3, 0.4) is 0 Å². The monoisotopic (exact) mass is 240 g/mol. The summed E-state index contributed by atoms with van der Waals surface area (Å²) in [7, 11) is -2.53. The van der Waals surface area contributed by atoms with Crippen LogP contribution in [0.1, 0.15) is 5.56 Å². The average Bonchev–Trinajstić information content (AvgIpc) is 2.47. The van der Waals surface area contributed by atoms with Gasteiger partial charge in [0.1, 0.15) is 15.7 Å². The number of hydrogen-bond donors (Lipinski definition) is 1. The van der Waals surface area contributed by atoms with Crippen LogP contribution in [0.2, 0.25) is 0 Å². The number of nitrogens with zero attached hydrogens (tertiary/aromatic N) is 1. The Morgan fingerprint density at radius 1 is 1.38 bits per heavy atom. The van der Waals surface area contributed by atoms with E-state index in [0.29, 0.717) is 18.7 Å². The molecule has 0 aromatic heterocycles. The van der Waals surface area contributed by atoms with Gasteiger partial charge in [0.2, 0.25) is 0 Å². The van der Waals surface area contributed by atoms with E-state index in [0.717, 1.165) is 0 Å². The fraction of sp³-hybridized carbons (Fsp3) is 0.273. The Morgan fingerprint density at radius 3 is 3.00 bits per heavy atom. The summed E-state index contributed by atoms with van der Waals surface area (Å²) in [6.45, 7) is 0.928. The SMILES string of the molecule is O=S1(Cc2ccccc2F)=NCC=CCN1. The van der Waals surface area contributed by atoms with Crippen LogP contribution in [0, 0.1) is 5.82 Å². The Labute approximate surface area is 94.7 Å². The fourth-order valence-electron chi connectivity index (χ4n) is 1.47. The third kappa shape index (κ3) is 2.68. The molecule has 0 radical (unpaired) electrons. The lowest BCUT2D eigenvalue weighted by molar-refractivity contribution is 0.613. The lowest BCUT2D eigenvalue weighted by Crippen LogP contribution is -2.24. The Bertz CT molecular complexity index is 518. The van der Waals surface area contributed by atoms with Gasteiger partial charge in [0.15, 0.2) is 0 Å². The average molecular weight is 240 g/mol. The van der Waals surface area contributed by atoms with Crippen molar-refractivity contribution in [1.29, 1.82) is 0 Å². The molecule has 5 heteroatoms. The first-order valence-corrected chi connectivity index (χ1v) is 6.72. The van der Waals surface area contributed by atoms with Gasteiger partial charge in [-0.15, -0.1) is 0 Å². The molecule has 1 heterocycles. The van der Waals surface area contributed by atoms with Gasteiger partial charge < -0.3 is 0 Å². The highest BCUT2D eigenvalue weighted by Crippen LogP contribution is 2.12. The molecular weight excluding hydrogens is 227 g/mol. The summed E-state index contributed by atoms with van der Waals surface area (Å²) in [6, 6.07) is 6.35. The Balaban J connectivity index is 2.25. The van der Waals surface area contributed by atoms with Crippen molar-refractivity contribution in [3.05, 3.63) is 47.8 Å². The molecule has 2 rings (SSSR count). The maximum absolute atomic E-state index is 13.4. The van der Waals surface area contributed by atoms with Crippen LogP contribution in [-0.2, 0) is 15.7 Å². The van der Waals surface area contributed by atoms with E-state index in [4.69, 9.17) is 0 Å². The number of hydrogen-bond acceptors (Lipinski definition) is 2. The molecule has 0 saturated carbocycles. The quantitative estimate of drug-likeness (QED) is 0.788. The lowest BCUT2D eigenvalue weighted by Gasteiger charge is -2.09. The minimum Gasteiger partial charge on any atom is -0.233 e. The lowest BCUT2D eigenvalue weighted by atomic mass is 10.2. The summed E-state index contributed by atoms with van der Waals surface area (Å²) in [5.41, 5.74) is 0.436. The van der Waals surface area contributed by atoms with E-state index in [1.807, 2.05) is 12.2 Å². The fourth-order valence-corrected chi connectivity index (χ4v) is 3.09. The van der Waals surface area contributed by atoms with E-state index in [2.05, 4.69) is 9.08 Å². The van der Waals surface area contributed by atoms with E-state index in [1.54, 1.807) is 18.2 Å². The third-order valence-electron chi connectivity index (χ3n) is 2.29. The zero-order valence-electron chi connectivity index (χ0n) is 8.73. The molecule has 1 unspecified atom stereocenters. The molecule has 1 N–H and O–H groups in total. The van der Waals surface area contributed by atoms with Crippen LogP contribution in [0.4, 0.5) is 4.39 Å². The van der Waals surface area contributed by atoms with E-state index >= 15 is 0 Å². The molecule has 0 saturated heterocycles. The minimum absolute atomic E-state index is 0.112. The molecular formula is C11H13FN2OS. The summed E-state index contributed by atoms with van der Waals surface area (Å²) < 4.78 is 32.6. The summed E-state index contributed by atoms with van der Waals surface area (Å²) in [5.74, 6) is -0.221. The van der Waals surface area contributed by atoms with Gasteiger partial charge in [-0.05, 0) is 6.07 Å². The predicted octanol–water partition coefficient (Wildman–Crippen LogP) is 1.87. The topological polar surface area (TPSA) is 41.5 Å². The summed E-state index contributed by atoms with van der Waals surface area (Å²) in [5, 5.41) is 0. The van der Waals surface area contributed by atoms with E-state index < -0.39 is 9.92 Å². The molecule has 1 atom stereocenters. The summed E-state index contributed by atoms with van der Waals surface area (Å²) in [4.78, 5) is 0. The van der Waals surface area contributed by atoms with Gasteiger partial charge in [0.25, 0.3) is 0 Å². The smallest absolute Gasteiger partial charge is 0.127 e. The van der Waals surface area contributed by atoms with Gasteiger partial charge in [0, 0.05) is 12.1 Å². The van der Waals surface area contributed by atoms with Crippen LogP contribution < -0.4 is 4.72 Å². The molecule has 16 heavy (non-hydrogen) atoms. The third-order valence-corrected chi connectivity index (χ3v) is 4.18. The second-order valence-electron chi connectivity index (χ2n) is 3.51. The normalized spacial score (nSPS) is 24.8. The Morgan fingerprint density at radius 2 is 2.19 bits per heavy atom. The molecule has 0 aliphatic carbocycles. The van der Waals surface area contributed by atoms with Crippen LogP contribution in [0.25, 0.3) is 0 Å². The largest absolute Gasteiger partial charge is 0.233 e. The number of nitrogens with one attached hydrogen (secondary N) is 1. The van der Waals surface area contributed by atoms with Crippen molar-refractivity contribution in [3.8, 4) is 0 Å². The first-order valence-electron chi connectivity index (χ1n) is 5.03. The zero-order chi connectivity index (χ0) is 11.4. The molecule has 1 aliphatic rings. The number of halogens is 1. The van der Waals surface area contributed by atoms with Crippen LogP contribution in [0.15, 0.2) is 40.8 Å². The van der Waals surface area contributed by atoms with E-state index in [9.17, 15) is 8.60 Å². The number of rotatable bonds is 2. The van der Waals surface area contributed by atoms with Crippen molar-refractivity contribution in [2.75, 3.05) is 13.1 Å². The zero-order valence-corrected chi connectivity index (χ0v) is 9.54. The van der Waals surface area contributed by atoms with Gasteiger partial charge in [-0.1, -0.05) is 30.4 Å². The highest BCUT2D eigenvalue weighted by molar-refractivity contribution is 7.90. The predicted molar refractivity (Wildman–Crippen MR) is 62.7 cm³/mol. The second kappa shape index (κ2) is 4.76. The van der Waals surface area contributed by atoms with Crippen molar-refractivity contribution < 1.29 is 8.60 Å². The second-order valence-corrected chi connectivity index (χ2v) is 5.62. The van der Waals surface area contributed by atoms with Crippen LogP contribution in [0.5, 0.6) is 0 Å². The molecule has 1 aromatic carbocycles. The molecule has 0 amide bonds. The maximum atomic E-state index is 13.4.